The molecule has 136 valence electrons. The molecule has 1 heterocycles. The predicted octanol–water partition coefficient (Wildman–Crippen LogP) is 3.43. The fourth-order valence-corrected chi connectivity index (χ4v) is 2.59. The molecular formula is C18H24F2N4O. The van der Waals surface area contributed by atoms with Crippen molar-refractivity contribution in [3.05, 3.63) is 52.4 Å². The van der Waals surface area contributed by atoms with E-state index in [2.05, 4.69) is 20.8 Å². The Bertz CT molecular complexity index is 723. The Balaban J connectivity index is 2.04. The highest BCUT2D eigenvalue weighted by Gasteiger charge is 2.13. The van der Waals surface area contributed by atoms with Crippen LogP contribution in [0.2, 0.25) is 0 Å². The molecule has 0 spiro atoms. The summed E-state index contributed by atoms with van der Waals surface area (Å²) >= 11 is 0. The number of nitrogens with zero attached hydrogens (tertiary/aromatic N) is 2. The topological polar surface area (TPSA) is 62.5 Å². The first-order valence-corrected chi connectivity index (χ1v) is 8.34. The third-order valence-corrected chi connectivity index (χ3v) is 3.94. The van der Waals surface area contributed by atoms with E-state index in [0.29, 0.717) is 31.0 Å². The molecule has 0 radical (unpaired) electrons. The largest absolute Gasteiger partial charge is 0.361 e. The van der Waals surface area contributed by atoms with Gasteiger partial charge in [0, 0.05) is 30.3 Å². The van der Waals surface area contributed by atoms with E-state index in [9.17, 15) is 8.78 Å². The molecule has 0 saturated heterocycles. The molecule has 1 unspecified atom stereocenters. The molecule has 0 bridgehead atoms. The van der Waals surface area contributed by atoms with Crippen molar-refractivity contribution in [1.82, 2.24) is 15.8 Å². The van der Waals surface area contributed by atoms with Crippen molar-refractivity contribution in [2.45, 2.75) is 40.2 Å². The Morgan fingerprint density at radius 2 is 2.08 bits per heavy atom. The molecule has 1 aromatic heterocycles. The van der Waals surface area contributed by atoms with Crippen LogP contribution >= 0.6 is 0 Å². The minimum atomic E-state index is -0.589. The second kappa shape index (κ2) is 8.60. The van der Waals surface area contributed by atoms with Crippen LogP contribution in [0.5, 0.6) is 0 Å². The fourth-order valence-electron chi connectivity index (χ4n) is 2.59. The average Bonchev–Trinajstić information content (AvgIpc) is 2.86. The SMILES string of the molecule is CCNC(=NCCc1c(C)noc1C)NC(C)c1ccc(F)cc1F. The van der Waals surface area contributed by atoms with Crippen molar-refractivity contribution in [1.29, 1.82) is 0 Å². The van der Waals surface area contributed by atoms with E-state index < -0.39 is 11.6 Å². The highest BCUT2D eigenvalue weighted by Crippen LogP contribution is 2.17. The molecular weight excluding hydrogens is 326 g/mol. The first-order chi connectivity index (χ1) is 11.9. The molecule has 1 atom stereocenters. The van der Waals surface area contributed by atoms with Gasteiger partial charge in [0.15, 0.2) is 5.96 Å². The molecule has 0 aliphatic heterocycles. The molecule has 1 aromatic carbocycles. The van der Waals surface area contributed by atoms with Gasteiger partial charge in [-0.15, -0.1) is 0 Å². The van der Waals surface area contributed by atoms with E-state index >= 15 is 0 Å². The maximum Gasteiger partial charge on any atom is 0.191 e. The van der Waals surface area contributed by atoms with Crippen molar-refractivity contribution >= 4 is 5.96 Å². The van der Waals surface area contributed by atoms with E-state index in [-0.39, 0.29) is 6.04 Å². The Morgan fingerprint density at radius 3 is 2.68 bits per heavy atom. The minimum absolute atomic E-state index is 0.350. The number of aliphatic imine (C=N–C) groups is 1. The van der Waals surface area contributed by atoms with Crippen molar-refractivity contribution in [2.75, 3.05) is 13.1 Å². The number of hydrogen-bond acceptors (Lipinski definition) is 3. The number of halogens is 2. The van der Waals surface area contributed by atoms with E-state index in [1.165, 1.54) is 12.1 Å². The van der Waals surface area contributed by atoms with Gasteiger partial charge in [-0.25, -0.2) is 8.78 Å². The highest BCUT2D eigenvalue weighted by atomic mass is 19.1. The van der Waals surface area contributed by atoms with Gasteiger partial charge in [0.1, 0.15) is 17.4 Å². The number of benzene rings is 1. The van der Waals surface area contributed by atoms with Gasteiger partial charge in [0.05, 0.1) is 11.7 Å². The summed E-state index contributed by atoms with van der Waals surface area (Å²) in [5.41, 5.74) is 2.31. The second-order valence-corrected chi connectivity index (χ2v) is 5.85. The Labute approximate surface area is 146 Å². The molecule has 25 heavy (non-hydrogen) atoms. The van der Waals surface area contributed by atoms with Crippen LogP contribution in [0.15, 0.2) is 27.7 Å². The lowest BCUT2D eigenvalue weighted by Crippen LogP contribution is -2.39. The third kappa shape index (κ3) is 5.01. The molecule has 0 saturated carbocycles. The lowest BCUT2D eigenvalue weighted by Gasteiger charge is -2.18. The van der Waals surface area contributed by atoms with Gasteiger partial charge in [0.25, 0.3) is 0 Å². The molecule has 7 heteroatoms. The summed E-state index contributed by atoms with van der Waals surface area (Å²) in [6.45, 7) is 8.75. The van der Waals surface area contributed by atoms with Crippen molar-refractivity contribution in [2.24, 2.45) is 4.99 Å². The number of aromatic nitrogens is 1. The van der Waals surface area contributed by atoms with Crippen LogP contribution in [0.3, 0.4) is 0 Å². The summed E-state index contributed by atoms with van der Waals surface area (Å²) in [7, 11) is 0. The molecule has 0 aliphatic carbocycles. The maximum atomic E-state index is 13.9. The molecule has 2 rings (SSSR count). The molecule has 0 aliphatic rings. The smallest absolute Gasteiger partial charge is 0.191 e. The zero-order valence-electron chi connectivity index (χ0n) is 15.0. The lowest BCUT2D eigenvalue weighted by atomic mass is 10.1. The number of guanidine groups is 1. The first-order valence-electron chi connectivity index (χ1n) is 8.34. The zero-order valence-corrected chi connectivity index (χ0v) is 15.0. The van der Waals surface area contributed by atoms with Crippen LogP contribution in [0, 0.1) is 25.5 Å². The van der Waals surface area contributed by atoms with Crippen LogP contribution in [-0.4, -0.2) is 24.2 Å². The quantitative estimate of drug-likeness (QED) is 0.619. The first kappa shape index (κ1) is 18.9. The van der Waals surface area contributed by atoms with Crippen LogP contribution in [0.1, 0.15) is 42.5 Å². The van der Waals surface area contributed by atoms with Crippen molar-refractivity contribution in [3.63, 3.8) is 0 Å². The standard InChI is InChI=1S/C18H24F2N4O/c1-5-21-18(22-9-8-15-12(3)24-25-13(15)4)23-11(2)16-7-6-14(19)10-17(16)20/h6-7,10-11H,5,8-9H2,1-4H3,(H2,21,22,23). The van der Waals surface area contributed by atoms with Gasteiger partial charge in [-0.2, -0.15) is 0 Å². The van der Waals surface area contributed by atoms with Crippen molar-refractivity contribution < 1.29 is 13.3 Å². The lowest BCUT2D eigenvalue weighted by molar-refractivity contribution is 0.392. The summed E-state index contributed by atoms with van der Waals surface area (Å²) in [6.07, 6.45) is 0.705. The van der Waals surface area contributed by atoms with E-state index in [4.69, 9.17) is 4.52 Å². The van der Waals surface area contributed by atoms with E-state index in [1.54, 1.807) is 6.92 Å². The van der Waals surface area contributed by atoms with Gasteiger partial charge < -0.3 is 15.2 Å². The Hall–Kier alpha value is -2.44. The predicted molar refractivity (Wildman–Crippen MR) is 93.6 cm³/mol. The monoisotopic (exact) mass is 350 g/mol. The van der Waals surface area contributed by atoms with Crippen LogP contribution in [0.25, 0.3) is 0 Å². The summed E-state index contributed by atoms with van der Waals surface area (Å²) < 4.78 is 32.1. The number of nitrogens with one attached hydrogen (secondary N) is 2. The fraction of sp³-hybridized carbons (Fsp3) is 0.444. The summed E-state index contributed by atoms with van der Waals surface area (Å²) in [5, 5.41) is 10.2. The van der Waals surface area contributed by atoms with Gasteiger partial charge >= 0.3 is 0 Å². The normalized spacial score (nSPS) is 13.0. The van der Waals surface area contributed by atoms with Gasteiger partial charge in [-0.05, 0) is 40.2 Å². The van der Waals surface area contributed by atoms with E-state index in [0.717, 1.165) is 23.1 Å². The highest BCUT2D eigenvalue weighted by molar-refractivity contribution is 5.80. The second-order valence-electron chi connectivity index (χ2n) is 5.85. The Kier molecular flexibility index (Phi) is 6.50. The van der Waals surface area contributed by atoms with Gasteiger partial charge in [-0.3, -0.25) is 4.99 Å². The maximum absolute atomic E-state index is 13.9. The van der Waals surface area contributed by atoms with Crippen LogP contribution in [0.4, 0.5) is 8.78 Å². The summed E-state index contributed by atoms with van der Waals surface area (Å²) in [5.74, 6) is 0.206. The van der Waals surface area contributed by atoms with Crippen LogP contribution < -0.4 is 10.6 Å². The zero-order chi connectivity index (χ0) is 18.4. The van der Waals surface area contributed by atoms with Gasteiger partial charge in [0.2, 0.25) is 0 Å². The summed E-state index contributed by atoms with van der Waals surface area (Å²) in [6, 6.07) is 3.22. The van der Waals surface area contributed by atoms with E-state index in [1.807, 2.05) is 20.8 Å². The summed E-state index contributed by atoms with van der Waals surface area (Å²) in [4.78, 5) is 4.51. The number of hydrogen-bond donors (Lipinski definition) is 2. The van der Waals surface area contributed by atoms with Crippen molar-refractivity contribution in [3.8, 4) is 0 Å². The Morgan fingerprint density at radius 1 is 1.32 bits per heavy atom. The van der Waals surface area contributed by atoms with Gasteiger partial charge in [-0.1, -0.05) is 11.2 Å². The average molecular weight is 350 g/mol. The molecule has 5 nitrogen and oxygen atoms in total. The molecule has 2 N–H and O–H groups in total. The molecule has 2 aromatic rings. The number of aryl methyl sites for hydroxylation is 2. The number of rotatable bonds is 6. The van der Waals surface area contributed by atoms with Crippen LogP contribution in [-0.2, 0) is 6.42 Å². The minimum Gasteiger partial charge on any atom is -0.361 e. The molecule has 0 fully saturated rings. The third-order valence-electron chi connectivity index (χ3n) is 3.94. The molecule has 0 amide bonds.